The monoisotopic (exact) mass is 276 g/mol. The maximum atomic E-state index is 11.9. The van der Waals surface area contributed by atoms with Crippen LogP contribution in [0.3, 0.4) is 0 Å². The van der Waals surface area contributed by atoms with E-state index in [-0.39, 0.29) is 25.4 Å². The van der Waals surface area contributed by atoms with Gasteiger partial charge < -0.3 is 20.5 Å². The fourth-order valence-corrected chi connectivity index (χ4v) is 2.08. The Balaban J connectivity index is 2.06. The molecule has 2 aromatic rings. The number of carboxylic acids is 1. The molecule has 0 spiro atoms. The summed E-state index contributed by atoms with van der Waals surface area (Å²) in [5.74, 6) is -1.53. The average Bonchev–Trinajstić information content (AvgIpc) is 2.81. The maximum absolute atomic E-state index is 11.9. The second-order valence-electron chi connectivity index (χ2n) is 4.51. The van der Waals surface area contributed by atoms with Gasteiger partial charge in [-0.2, -0.15) is 0 Å². The van der Waals surface area contributed by atoms with Crippen molar-refractivity contribution in [2.45, 2.75) is 18.9 Å². The summed E-state index contributed by atoms with van der Waals surface area (Å²) in [5, 5.41) is 21.0. The number of carbonyl (C=O) groups excluding carboxylic acids is 1. The Morgan fingerprint density at radius 3 is 2.75 bits per heavy atom. The first kappa shape index (κ1) is 14.1. The van der Waals surface area contributed by atoms with Crippen LogP contribution >= 0.6 is 0 Å². The molecule has 0 radical (unpaired) electrons. The zero-order valence-electron chi connectivity index (χ0n) is 10.8. The molecule has 1 atom stereocenters. The van der Waals surface area contributed by atoms with Gasteiger partial charge in [0.1, 0.15) is 6.04 Å². The van der Waals surface area contributed by atoms with Gasteiger partial charge in [-0.1, -0.05) is 18.2 Å². The predicted molar refractivity (Wildman–Crippen MR) is 73.3 cm³/mol. The second kappa shape index (κ2) is 6.21. The van der Waals surface area contributed by atoms with Crippen molar-refractivity contribution in [1.29, 1.82) is 0 Å². The molecule has 1 heterocycles. The quantitative estimate of drug-likeness (QED) is 0.622. The Bertz CT molecular complexity index is 620. The van der Waals surface area contributed by atoms with Crippen molar-refractivity contribution in [3.05, 3.63) is 36.0 Å². The van der Waals surface area contributed by atoms with Crippen LogP contribution in [0.5, 0.6) is 0 Å². The topological polar surface area (TPSA) is 102 Å². The van der Waals surface area contributed by atoms with Crippen LogP contribution in [0.25, 0.3) is 10.9 Å². The van der Waals surface area contributed by atoms with Crippen molar-refractivity contribution in [2.75, 3.05) is 6.61 Å². The number of fused-ring (bicyclic) bond motifs is 1. The lowest BCUT2D eigenvalue weighted by molar-refractivity contribution is -0.142. The molecule has 0 saturated carbocycles. The molecule has 0 saturated heterocycles. The van der Waals surface area contributed by atoms with E-state index in [9.17, 15) is 9.59 Å². The highest BCUT2D eigenvalue weighted by Crippen LogP contribution is 2.18. The van der Waals surface area contributed by atoms with Crippen molar-refractivity contribution in [3.8, 4) is 0 Å². The lowest BCUT2D eigenvalue weighted by Gasteiger charge is -2.12. The van der Waals surface area contributed by atoms with Gasteiger partial charge in [0, 0.05) is 30.1 Å². The summed E-state index contributed by atoms with van der Waals surface area (Å²) in [7, 11) is 0. The van der Waals surface area contributed by atoms with E-state index < -0.39 is 12.0 Å². The van der Waals surface area contributed by atoms with Crippen LogP contribution in [0, 0.1) is 0 Å². The van der Waals surface area contributed by atoms with E-state index in [1.54, 1.807) is 6.20 Å². The number of amides is 1. The Morgan fingerprint density at radius 2 is 2.05 bits per heavy atom. The van der Waals surface area contributed by atoms with Crippen LogP contribution in [0.4, 0.5) is 0 Å². The molecule has 20 heavy (non-hydrogen) atoms. The number of carbonyl (C=O) groups is 2. The largest absolute Gasteiger partial charge is 0.480 e. The van der Waals surface area contributed by atoms with E-state index in [0.717, 1.165) is 16.5 Å². The molecule has 1 amide bonds. The standard InChI is InChI=1S/C14H16N2O4/c17-6-5-12(14(19)20)16-13(18)7-9-8-15-11-4-2-1-3-10(9)11/h1-4,8,12,15,17H,5-7H2,(H,16,18)(H,19,20)/t12-/m0/s1. The summed E-state index contributed by atoms with van der Waals surface area (Å²) in [6.45, 7) is -0.287. The van der Waals surface area contributed by atoms with Gasteiger partial charge in [-0.3, -0.25) is 4.79 Å². The van der Waals surface area contributed by atoms with Crippen molar-refractivity contribution < 1.29 is 19.8 Å². The number of rotatable bonds is 6. The number of aliphatic hydroxyl groups is 1. The minimum absolute atomic E-state index is 0.00500. The van der Waals surface area contributed by atoms with Gasteiger partial charge in [-0.05, 0) is 11.6 Å². The van der Waals surface area contributed by atoms with Gasteiger partial charge >= 0.3 is 5.97 Å². The number of aromatic amines is 1. The fourth-order valence-electron chi connectivity index (χ4n) is 2.08. The Labute approximate surface area is 115 Å². The Hall–Kier alpha value is -2.34. The molecule has 0 fully saturated rings. The van der Waals surface area contributed by atoms with Gasteiger partial charge in [-0.15, -0.1) is 0 Å². The molecule has 2 rings (SSSR count). The SMILES string of the molecule is O=C(Cc1c[nH]c2ccccc12)N[C@@H](CCO)C(=O)O. The van der Waals surface area contributed by atoms with Gasteiger partial charge in [0.2, 0.25) is 5.91 Å². The molecule has 0 unspecified atom stereocenters. The number of benzene rings is 1. The third-order valence-corrected chi connectivity index (χ3v) is 3.08. The summed E-state index contributed by atoms with van der Waals surface area (Å²) >= 11 is 0. The molecule has 1 aromatic carbocycles. The predicted octanol–water partition coefficient (Wildman–Crippen LogP) is 0.662. The van der Waals surface area contributed by atoms with E-state index >= 15 is 0 Å². The van der Waals surface area contributed by atoms with Crippen LogP contribution in [-0.4, -0.2) is 39.7 Å². The first-order chi connectivity index (χ1) is 9.61. The number of H-pyrrole nitrogens is 1. The van der Waals surface area contributed by atoms with Crippen LogP contribution in [0.15, 0.2) is 30.5 Å². The lowest BCUT2D eigenvalue weighted by Crippen LogP contribution is -2.42. The van der Waals surface area contributed by atoms with E-state index in [2.05, 4.69) is 10.3 Å². The summed E-state index contributed by atoms with van der Waals surface area (Å²) in [6, 6.07) is 6.52. The first-order valence-electron chi connectivity index (χ1n) is 6.30. The van der Waals surface area contributed by atoms with Crippen LogP contribution in [-0.2, 0) is 16.0 Å². The summed E-state index contributed by atoms with van der Waals surface area (Å²) in [6.07, 6.45) is 1.83. The van der Waals surface area contributed by atoms with Gasteiger partial charge in [0.05, 0.1) is 6.42 Å². The van der Waals surface area contributed by atoms with Gasteiger partial charge in [0.25, 0.3) is 0 Å². The number of nitrogens with one attached hydrogen (secondary N) is 2. The summed E-state index contributed by atoms with van der Waals surface area (Å²) in [4.78, 5) is 25.8. The smallest absolute Gasteiger partial charge is 0.326 e. The molecule has 0 aliphatic heterocycles. The second-order valence-corrected chi connectivity index (χ2v) is 4.51. The molecule has 0 aliphatic carbocycles. The Kier molecular flexibility index (Phi) is 4.37. The average molecular weight is 276 g/mol. The summed E-state index contributed by atoms with van der Waals surface area (Å²) < 4.78 is 0. The van der Waals surface area contributed by atoms with Crippen LogP contribution in [0.2, 0.25) is 0 Å². The van der Waals surface area contributed by atoms with Gasteiger partial charge in [-0.25, -0.2) is 4.79 Å². The van der Waals surface area contributed by atoms with E-state index in [0.29, 0.717) is 0 Å². The maximum Gasteiger partial charge on any atom is 0.326 e. The van der Waals surface area contributed by atoms with Crippen LogP contribution in [0.1, 0.15) is 12.0 Å². The van der Waals surface area contributed by atoms with E-state index in [4.69, 9.17) is 10.2 Å². The lowest BCUT2D eigenvalue weighted by atomic mass is 10.1. The Morgan fingerprint density at radius 1 is 1.30 bits per heavy atom. The number of aromatic nitrogens is 1. The molecular formula is C14H16N2O4. The van der Waals surface area contributed by atoms with Gasteiger partial charge in [0.15, 0.2) is 0 Å². The molecule has 1 aromatic heterocycles. The number of aliphatic carboxylic acids is 1. The minimum Gasteiger partial charge on any atom is -0.480 e. The van der Waals surface area contributed by atoms with Crippen molar-refractivity contribution in [3.63, 3.8) is 0 Å². The molecule has 106 valence electrons. The molecular weight excluding hydrogens is 260 g/mol. The third-order valence-electron chi connectivity index (χ3n) is 3.08. The number of aliphatic hydroxyl groups excluding tert-OH is 1. The van der Waals surface area contributed by atoms with Crippen molar-refractivity contribution in [1.82, 2.24) is 10.3 Å². The van der Waals surface area contributed by atoms with Crippen LogP contribution < -0.4 is 5.32 Å². The third kappa shape index (κ3) is 3.16. The number of para-hydroxylation sites is 1. The van der Waals surface area contributed by atoms with Crippen molar-refractivity contribution >= 4 is 22.8 Å². The fraction of sp³-hybridized carbons (Fsp3) is 0.286. The highest BCUT2D eigenvalue weighted by Gasteiger charge is 2.19. The zero-order valence-corrected chi connectivity index (χ0v) is 10.8. The number of hydrogen-bond donors (Lipinski definition) is 4. The molecule has 0 bridgehead atoms. The minimum atomic E-state index is -1.15. The zero-order chi connectivity index (χ0) is 14.5. The van der Waals surface area contributed by atoms with Crippen molar-refractivity contribution in [2.24, 2.45) is 0 Å². The highest BCUT2D eigenvalue weighted by atomic mass is 16.4. The summed E-state index contributed by atoms with van der Waals surface area (Å²) in [5.41, 5.74) is 1.74. The molecule has 6 heteroatoms. The molecule has 6 nitrogen and oxygen atoms in total. The highest BCUT2D eigenvalue weighted by molar-refractivity contribution is 5.90. The first-order valence-corrected chi connectivity index (χ1v) is 6.30. The number of carboxylic acid groups (broad SMARTS) is 1. The van der Waals surface area contributed by atoms with E-state index in [1.165, 1.54) is 0 Å². The number of hydrogen-bond acceptors (Lipinski definition) is 3. The van der Waals surface area contributed by atoms with E-state index in [1.807, 2.05) is 24.3 Å². The molecule has 0 aliphatic rings. The normalized spacial score (nSPS) is 12.2. The molecule has 4 N–H and O–H groups in total.